The third-order valence-corrected chi connectivity index (χ3v) is 24.4. The van der Waals surface area contributed by atoms with Crippen molar-refractivity contribution in [2.75, 3.05) is 27.4 Å². The number of sulfone groups is 1. The number of fused-ring (bicyclic) bond motifs is 3. The van der Waals surface area contributed by atoms with E-state index in [1.165, 1.54) is 111 Å². The van der Waals surface area contributed by atoms with Crippen LogP contribution in [0.2, 0.25) is 5.02 Å². The van der Waals surface area contributed by atoms with Crippen LogP contribution in [-0.2, 0) is 75.0 Å². The maximum absolute atomic E-state index is 12.7. The largest absolute Gasteiger partial charge is 0.435 e. The van der Waals surface area contributed by atoms with E-state index >= 15 is 0 Å². The number of hydrogen-bond donors (Lipinski definition) is 7. The summed E-state index contributed by atoms with van der Waals surface area (Å²) in [7, 11) is 3.31. The molecular formula is C116H166ClF3N14O3S. The smallest absolute Gasteiger partial charge is 0.387 e. The van der Waals surface area contributed by atoms with Crippen LogP contribution in [0.1, 0.15) is 242 Å². The number of aromatic nitrogens is 4. The molecule has 0 fully saturated rings. The molecule has 0 aliphatic heterocycles. The van der Waals surface area contributed by atoms with Gasteiger partial charge in [-0.2, -0.15) is 13.9 Å². The maximum atomic E-state index is 12.7. The van der Waals surface area contributed by atoms with Gasteiger partial charge in [0.25, 0.3) is 0 Å². The molecule has 2 aliphatic carbocycles. The molecular weight excluding hydrogens is 1760 g/mol. The average Bonchev–Trinajstić information content (AvgIpc) is 1.27. The van der Waals surface area contributed by atoms with Crippen molar-refractivity contribution in [1.29, 1.82) is 0 Å². The van der Waals surface area contributed by atoms with E-state index in [4.69, 9.17) is 11.6 Å². The van der Waals surface area contributed by atoms with Crippen molar-refractivity contribution in [3.05, 3.63) is 356 Å². The molecule has 0 unspecified atom stereocenters. The lowest BCUT2D eigenvalue weighted by Gasteiger charge is -2.21. The highest BCUT2D eigenvalue weighted by Gasteiger charge is 2.24. The van der Waals surface area contributed by atoms with E-state index < -0.39 is 16.4 Å². The molecule has 9 aromatic carbocycles. The summed E-state index contributed by atoms with van der Waals surface area (Å²) in [6.07, 6.45) is 13.7. The average molecular weight is 1930 g/mol. The van der Waals surface area contributed by atoms with E-state index in [2.05, 4.69) is 359 Å². The first-order chi connectivity index (χ1) is 65.6. The Morgan fingerprint density at radius 1 is 0.428 bits per heavy atom. The molecule has 138 heavy (non-hydrogen) atoms. The van der Waals surface area contributed by atoms with Crippen molar-refractivity contribution in [2.45, 2.75) is 314 Å². The molecule has 14 rings (SSSR count). The Morgan fingerprint density at radius 2 is 0.862 bits per heavy atom. The first kappa shape index (κ1) is 119. The molecule has 7 N–H and O–H groups in total. The van der Waals surface area contributed by atoms with Gasteiger partial charge in [0.05, 0.1) is 16.3 Å². The molecule has 0 saturated carbocycles. The van der Waals surface area contributed by atoms with Crippen LogP contribution in [0.5, 0.6) is 5.75 Å². The van der Waals surface area contributed by atoms with E-state index in [1.807, 2.05) is 104 Å². The van der Waals surface area contributed by atoms with Gasteiger partial charge in [-0.05, 0) is 236 Å². The van der Waals surface area contributed by atoms with Crippen LogP contribution in [0.25, 0.3) is 16.5 Å². The maximum Gasteiger partial charge on any atom is 0.387 e. The Kier molecular flexibility index (Phi) is 55.5. The Balaban J connectivity index is 0.000000271. The Morgan fingerprint density at radius 3 is 1.36 bits per heavy atom. The van der Waals surface area contributed by atoms with Gasteiger partial charge >= 0.3 is 6.61 Å². The predicted molar refractivity (Wildman–Crippen MR) is 577 cm³/mol. The summed E-state index contributed by atoms with van der Waals surface area (Å²) in [6.45, 7) is 51.3. The van der Waals surface area contributed by atoms with Crippen LogP contribution in [0.15, 0.2) is 272 Å². The van der Waals surface area contributed by atoms with E-state index in [9.17, 15) is 21.6 Å². The highest BCUT2D eigenvalue weighted by Crippen LogP contribution is 2.33. The standard InChI is InChI=1S/C15H21N3.C13H16N2.2C12H17N.C11H16ClN.C11H15F2NO.C11H17NO2S.C11H17N.C10H14FN.C10H16N2/c1-11(2)16-10-15-12(3)17-18(13(15)4)14-8-6-5-7-9-14;1-10(2)15-9-12-5-3-4-11-8-14-7-6-13(11)12;2*1-9(2)13-12-8-7-10-5-3-4-6-11(10)12;1-9(2)13(3)8-10-6-4-5-7-11(10)12;1-8(2)14-7-9-4-3-5-10(6-9)15-11(12)13;1-9(2)12-8-10-4-6-11(7-5-10)15(3,13)14;1-10(2)12(3)9-11-7-5-4-6-8-11;1-8(2)12-7-9-4-3-5-10(11)6-9;1-9(2)12(3)8-10-5-4-6-11-7-10/h5-9,11,16H,10H2,1-4H3;3-8,10,15H,9H2,1-2H3;2*3-6,9,12-13H,7-8H2,1-2H3;4-7,9H,8H2,1-3H3;3-6,8,11,14H,7H2,1-2H3;4-7,9,12H,8H2,1-3H3;4-8,10H,9H2,1-3H3;3-6,8,12H,7H2,1-2H3;4-7,9H,8H2,1-3H3/t;;2*12-;;;;;;/m..10....../s1. The molecule has 0 bridgehead atoms. The second-order valence-corrected chi connectivity index (χ2v) is 40.8. The van der Waals surface area contributed by atoms with Crippen LogP contribution in [-0.4, -0.2) is 137 Å². The number of pyridine rings is 2. The van der Waals surface area contributed by atoms with E-state index in [-0.39, 0.29) is 11.6 Å². The zero-order valence-electron chi connectivity index (χ0n) is 87.7. The molecule has 3 heterocycles. The Bertz CT molecular complexity index is 5300. The molecule has 2 aliphatic rings. The van der Waals surface area contributed by atoms with Crippen molar-refractivity contribution in [2.24, 2.45) is 0 Å². The van der Waals surface area contributed by atoms with Crippen LogP contribution < -0.4 is 42.0 Å². The first-order valence-corrected chi connectivity index (χ1v) is 51.4. The summed E-state index contributed by atoms with van der Waals surface area (Å²) in [5.74, 6) is 0.0334. The monoisotopic (exact) mass is 1930 g/mol. The molecule has 0 saturated heterocycles. The zero-order chi connectivity index (χ0) is 102. The van der Waals surface area contributed by atoms with Gasteiger partial charge in [0, 0.05) is 178 Å². The van der Waals surface area contributed by atoms with Gasteiger partial charge < -0.3 is 42.0 Å². The minimum absolute atomic E-state index is 0.168. The quantitative estimate of drug-likeness (QED) is 0.0211. The molecule has 752 valence electrons. The molecule has 12 aromatic rings. The predicted octanol–water partition coefficient (Wildman–Crippen LogP) is 25.4. The lowest BCUT2D eigenvalue weighted by atomic mass is 10.1. The van der Waals surface area contributed by atoms with Crippen molar-refractivity contribution in [3.63, 3.8) is 0 Å². The van der Waals surface area contributed by atoms with Gasteiger partial charge in [-0.3, -0.25) is 24.7 Å². The summed E-state index contributed by atoms with van der Waals surface area (Å²) in [4.78, 5) is 15.5. The summed E-state index contributed by atoms with van der Waals surface area (Å²) < 4.78 is 65.2. The number of alkyl halides is 2. The van der Waals surface area contributed by atoms with Gasteiger partial charge in [0.15, 0.2) is 9.84 Å². The molecule has 3 aromatic heterocycles. The number of rotatable bonds is 32. The summed E-state index contributed by atoms with van der Waals surface area (Å²) in [6, 6.07) is 85.5. The second-order valence-electron chi connectivity index (χ2n) is 38.3. The van der Waals surface area contributed by atoms with Gasteiger partial charge in [0.1, 0.15) is 11.6 Å². The minimum Gasteiger partial charge on any atom is -0.435 e. The van der Waals surface area contributed by atoms with Crippen LogP contribution >= 0.6 is 11.6 Å². The van der Waals surface area contributed by atoms with Gasteiger partial charge in [-0.25, -0.2) is 17.5 Å². The SMILES string of the molecule is CC(C)N(C)Cc1ccccc1.CC(C)N(C)Cc1ccccc1Cl.CC(C)N(C)Cc1cccnc1.CC(C)NCc1ccc(S(C)(=O)=O)cc1.CC(C)NCc1cccc(F)c1.CC(C)NCc1cccc(OC(F)F)c1.CC(C)NCc1cccc2cnccc12.CC(C)N[C@@H]1CCc2ccccc21.CC(C)N[C@H]1CCc2ccccc21.Cc1nn(-c2ccccc2)c(C)c1CNC(C)C. The fourth-order valence-corrected chi connectivity index (χ4v) is 15.2. The van der Waals surface area contributed by atoms with Gasteiger partial charge in [0.2, 0.25) is 0 Å². The number of ether oxygens (including phenoxy) is 1. The van der Waals surface area contributed by atoms with Crippen molar-refractivity contribution >= 4 is 32.2 Å². The highest BCUT2D eigenvalue weighted by atomic mass is 35.5. The summed E-state index contributed by atoms with van der Waals surface area (Å²) in [5, 5.41) is 31.8. The minimum atomic E-state index is -3.07. The lowest BCUT2D eigenvalue weighted by molar-refractivity contribution is -0.0499. The number of nitrogens with zero attached hydrogens (tertiary/aromatic N) is 7. The third kappa shape index (κ3) is 47.9. The number of nitrogens with one attached hydrogen (secondary N) is 7. The fraction of sp³-hybridized carbons (Fsp3) is 0.440. The van der Waals surface area contributed by atoms with Crippen LogP contribution in [0, 0.1) is 19.7 Å². The highest BCUT2D eigenvalue weighted by molar-refractivity contribution is 7.90. The van der Waals surface area contributed by atoms with E-state index in [0.29, 0.717) is 83.9 Å². The molecule has 0 amide bonds. The molecule has 0 radical (unpaired) electrons. The number of para-hydroxylation sites is 1. The van der Waals surface area contributed by atoms with Gasteiger partial charge in [-0.1, -0.05) is 284 Å². The van der Waals surface area contributed by atoms with Crippen molar-refractivity contribution in [3.8, 4) is 11.4 Å². The zero-order valence-corrected chi connectivity index (χ0v) is 89.2. The fourth-order valence-electron chi connectivity index (χ4n) is 14.4. The molecule has 0 spiro atoms. The molecule has 22 heteroatoms. The van der Waals surface area contributed by atoms with Crippen LogP contribution in [0.3, 0.4) is 0 Å². The van der Waals surface area contributed by atoms with Crippen LogP contribution in [0.4, 0.5) is 13.2 Å². The van der Waals surface area contributed by atoms with Crippen molar-refractivity contribution < 1.29 is 26.3 Å². The molecule has 2 atom stereocenters. The number of aryl methyl sites for hydroxylation is 3. The van der Waals surface area contributed by atoms with E-state index in [1.54, 1.807) is 42.6 Å². The normalized spacial score (nSPS) is 13.0. The Hall–Kier alpha value is -9.82. The summed E-state index contributed by atoms with van der Waals surface area (Å²) in [5.41, 5.74) is 19.0. The Labute approximate surface area is 834 Å². The molecule has 17 nitrogen and oxygen atoms in total. The number of halogens is 4. The number of hydrogen-bond acceptors (Lipinski definition) is 16. The van der Waals surface area contributed by atoms with Gasteiger partial charge in [-0.15, -0.1) is 0 Å². The van der Waals surface area contributed by atoms with Crippen molar-refractivity contribution in [1.82, 2.24) is 71.7 Å². The lowest BCUT2D eigenvalue weighted by Crippen LogP contribution is -2.26. The third-order valence-electron chi connectivity index (χ3n) is 22.9. The summed E-state index contributed by atoms with van der Waals surface area (Å²) >= 11 is 6.05. The topological polar surface area (TPSA) is 181 Å². The first-order valence-electron chi connectivity index (χ1n) is 49.2. The van der Waals surface area contributed by atoms with E-state index in [0.717, 1.165) is 78.9 Å². The second kappa shape index (κ2) is 64.5. The number of benzene rings is 9.